The maximum atomic E-state index is 6.11. The summed E-state index contributed by atoms with van der Waals surface area (Å²) in [6.45, 7) is 7.07. The molecule has 0 aliphatic heterocycles. The van der Waals surface area contributed by atoms with E-state index in [9.17, 15) is 0 Å². The molecule has 0 aliphatic carbocycles. The van der Waals surface area contributed by atoms with Gasteiger partial charge in [-0.3, -0.25) is 4.98 Å². The highest BCUT2D eigenvalue weighted by Gasteiger charge is 2.17. The number of nitrogens with one attached hydrogen (secondary N) is 1. The Bertz CT molecular complexity index is 1450. The fourth-order valence-corrected chi connectivity index (χ4v) is 4.56. The zero-order valence-electron chi connectivity index (χ0n) is 18.9. The van der Waals surface area contributed by atoms with E-state index in [2.05, 4.69) is 95.1 Å². The third-order valence-corrected chi connectivity index (χ3v) is 6.12. The van der Waals surface area contributed by atoms with Crippen molar-refractivity contribution >= 4 is 33.2 Å². The van der Waals surface area contributed by atoms with Crippen molar-refractivity contribution in [1.29, 1.82) is 0 Å². The van der Waals surface area contributed by atoms with Crippen LogP contribution in [0.3, 0.4) is 0 Å². The molecule has 5 rings (SSSR count). The van der Waals surface area contributed by atoms with Crippen LogP contribution in [0.1, 0.15) is 25.3 Å². The molecule has 0 atom stereocenters. The van der Waals surface area contributed by atoms with E-state index in [0.717, 1.165) is 47.4 Å². The monoisotopic (exact) mass is 432 g/mol. The number of rotatable bonds is 7. The molecule has 0 radical (unpaired) electrons. The van der Waals surface area contributed by atoms with Crippen LogP contribution in [-0.2, 0) is 0 Å². The maximum absolute atomic E-state index is 6.11. The predicted octanol–water partition coefficient (Wildman–Crippen LogP) is 6.99. The largest absolute Gasteiger partial charge is 0.399 e. The Balaban J connectivity index is 1.77. The minimum atomic E-state index is 0.571. The Morgan fingerprint density at radius 3 is 2.64 bits per heavy atom. The van der Waals surface area contributed by atoms with Crippen molar-refractivity contribution < 1.29 is 0 Å². The summed E-state index contributed by atoms with van der Waals surface area (Å²) in [4.78, 5) is 4.35. The van der Waals surface area contributed by atoms with Crippen LogP contribution in [0.5, 0.6) is 0 Å². The number of nitrogens with two attached hydrogens (primary N) is 1. The molecule has 4 heteroatoms. The Morgan fingerprint density at radius 2 is 1.85 bits per heavy atom. The van der Waals surface area contributed by atoms with Gasteiger partial charge in [-0.25, -0.2) is 0 Å². The summed E-state index contributed by atoms with van der Waals surface area (Å²) in [5.41, 5.74) is 14.4. The molecule has 33 heavy (non-hydrogen) atoms. The molecular weight excluding hydrogens is 404 g/mol. The summed E-state index contributed by atoms with van der Waals surface area (Å²) in [5.74, 6) is 0. The maximum Gasteiger partial charge on any atom is 0.0547 e. The lowest BCUT2D eigenvalue weighted by Gasteiger charge is -2.16. The number of nitrogens with zero attached hydrogens (tertiary/aromatic N) is 2. The summed E-state index contributed by atoms with van der Waals surface area (Å²) < 4.78 is 2.33. The van der Waals surface area contributed by atoms with Crippen molar-refractivity contribution in [2.75, 3.05) is 11.9 Å². The molecule has 5 aromatic rings. The lowest BCUT2D eigenvalue weighted by Crippen LogP contribution is -2.07. The Hall–Kier alpha value is -4.05. The molecule has 0 unspecified atom stereocenters. The molecule has 0 aliphatic rings. The Labute approximate surface area is 194 Å². The highest BCUT2D eigenvalue weighted by molar-refractivity contribution is 6.15. The van der Waals surface area contributed by atoms with Gasteiger partial charge in [0.05, 0.1) is 11.0 Å². The predicted molar refractivity (Wildman–Crippen MR) is 141 cm³/mol. The number of hydrogen-bond acceptors (Lipinski definition) is 3. The number of unbranched alkanes of at least 4 members (excludes halogenated alkanes) is 1. The van der Waals surface area contributed by atoms with Gasteiger partial charge in [0.2, 0.25) is 0 Å². The second kappa shape index (κ2) is 8.83. The summed E-state index contributed by atoms with van der Waals surface area (Å²) in [5, 5.41) is 6.02. The average Bonchev–Trinajstić information content (AvgIpc) is 3.19. The molecule has 2 aromatic heterocycles. The van der Waals surface area contributed by atoms with Crippen LogP contribution in [0.4, 0.5) is 5.69 Å². The molecule has 0 fully saturated rings. The minimum Gasteiger partial charge on any atom is -0.399 e. The summed E-state index contributed by atoms with van der Waals surface area (Å²) in [6.07, 6.45) is 5.98. The first-order chi connectivity index (χ1) is 16.2. The van der Waals surface area contributed by atoms with Gasteiger partial charge >= 0.3 is 0 Å². The molecule has 0 bridgehead atoms. The molecule has 4 nitrogen and oxygen atoms in total. The minimum absolute atomic E-state index is 0.571. The van der Waals surface area contributed by atoms with Gasteiger partial charge in [-0.15, -0.1) is 0 Å². The molecular formula is C29H28N4. The van der Waals surface area contributed by atoms with E-state index >= 15 is 0 Å². The van der Waals surface area contributed by atoms with Crippen LogP contribution < -0.4 is 11.1 Å². The number of fused-ring (bicyclic) bond motifs is 3. The van der Waals surface area contributed by atoms with Crippen LogP contribution in [0.2, 0.25) is 0 Å². The SMILES string of the molecule is C=C(N)c1ccc(-n2c3ccccc3c3c(-c4cccnc4)cccc32)cc1NCCCC. The van der Waals surface area contributed by atoms with Crippen LogP contribution in [0, 0.1) is 0 Å². The van der Waals surface area contributed by atoms with Crippen LogP contribution in [-0.4, -0.2) is 16.1 Å². The smallest absolute Gasteiger partial charge is 0.0547 e. The van der Waals surface area contributed by atoms with Gasteiger partial charge in [0.25, 0.3) is 0 Å². The summed E-state index contributed by atoms with van der Waals surface area (Å²) in [6, 6.07) is 25.5. The molecule has 0 saturated heterocycles. The number of pyridine rings is 1. The summed E-state index contributed by atoms with van der Waals surface area (Å²) in [7, 11) is 0. The fraction of sp³-hybridized carbons (Fsp3) is 0.138. The van der Waals surface area contributed by atoms with E-state index in [0.29, 0.717) is 5.70 Å². The van der Waals surface area contributed by atoms with Gasteiger partial charge in [0.15, 0.2) is 0 Å². The van der Waals surface area contributed by atoms with E-state index in [1.165, 1.54) is 21.9 Å². The lowest BCUT2D eigenvalue weighted by molar-refractivity contribution is 0.834. The molecule has 3 N–H and O–H groups in total. The number of benzene rings is 3. The average molecular weight is 433 g/mol. The highest BCUT2D eigenvalue weighted by Crippen LogP contribution is 2.38. The molecule has 0 spiro atoms. The normalized spacial score (nSPS) is 11.2. The topological polar surface area (TPSA) is 55.9 Å². The highest BCUT2D eigenvalue weighted by atomic mass is 15.0. The number of para-hydroxylation sites is 1. The van der Waals surface area contributed by atoms with Gasteiger partial charge in [0.1, 0.15) is 0 Å². The summed E-state index contributed by atoms with van der Waals surface area (Å²) >= 11 is 0. The van der Waals surface area contributed by atoms with E-state index in [4.69, 9.17) is 5.73 Å². The zero-order valence-corrected chi connectivity index (χ0v) is 18.9. The number of hydrogen-bond donors (Lipinski definition) is 2. The molecule has 2 heterocycles. The Kier molecular flexibility index (Phi) is 5.57. The van der Waals surface area contributed by atoms with Crippen LogP contribution in [0.15, 0.2) is 91.8 Å². The van der Waals surface area contributed by atoms with E-state index in [1.807, 2.05) is 18.5 Å². The van der Waals surface area contributed by atoms with Crippen molar-refractivity contribution in [1.82, 2.24) is 9.55 Å². The van der Waals surface area contributed by atoms with Crippen molar-refractivity contribution in [3.05, 3.63) is 97.3 Å². The van der Waals surface area contributed by atoms with Crippen molar-refractivity contribution in [3.63, 3.8) is 0 Å². The first-order valence-corrected chi connectivity index (χ1v) is 11.4. The molecule has 0 saturated carbocycles. The third-order valence-electron chi connectivity index (χ3n) is 6.12. The molecule has 164 valence electrons. The van der Waals surface area contributed by atoms with Gasteiger partial charge < -0.3 is 15.6 Å². The Morgan fingerprint density at radius 1 is 1.00 bits per heavy atom. The van der Waals surface area contributed by atoms with Crippen molar-refractivity contribution in [3.8, 4) is 16.8 Å². The standard InChI is InChI=1S/C29H28N4/c1-3-4-17-32-26-18-22(14-15-23(26)20(2)30)33-27-12-6-5-10-25(27)29-24(11-7-13-28(29)33)21-9-8-16-31-19-21/h5-16,18-19,32H,2-4,17,30H2,1H3. The zero-order chi connectivity index (χ0) is 22.8. The fourth-order valence-electron chi connectivity index (χ4n) is 4.56. The first-order valence-electron chi connectivity index (χ1n) is 11.4. The second-order valence-electron chi connectivity index (χ2n) is 8.33. The van der Waals surface area contributed by atoms with Crippen molar-refractivity contribution in [2.24, 2.45) is 5.73 Å². The van der Waals surface area contributed by atoms with E-state index in [-0.39, 0.29) is 0 Å². The first kappa shape index (κ1) is 20.8. The van der Waals surface area contributed by atoms with Gasteiger partial charge in [-0.05, 0) is 48.4 Å². The number of aromatic nitrogens is 2. The second-order valence-corrected chi connectivity index (χ2v) is 8.33. The lowest BCUT2D eigenvalue weighted by atomic mass is 10.0. The van der Waals surface area contributed by atoms with Gasteiger partial charge in [-0.1, -0.05) is 56.3 Å². The quantitative estimate of drug-likeness (QED) is 0.273. The van der Waals surface area contributed by atoms with Crippen molar-refractivity contribution in [2.45, 2.75) is 19.8 Å². The van der Waals surface area contributed by atoms with E-state index in [1.54, 1.807) is 0 Å². The molecule has 3 aromatic carbocycles. The van der Waals surface area contributed by atoms with Crippen LogP contribution >= 0.6 is 0 Å². The van der Waals surface area contributed by atoms with Gasteiger partial charge in [-0.2, -0.15) is 0 Å². The number of anilines is 1. The van der Waals surface area contributed by atoms with E-state index < -0.39 is 0 Å². The van der Waals surface area contributed by atoms with Gasteiger partial charge in [0, 0.05) is 57.9 Å². The molecule has 0 amide bonds. The third kappa shape index (κ3) is 3.74. The van der Waals surface area contributed by atoms with Crippen LogP contribution in [0.25, 0.3) is 44.3 Å².